The molecule has 6 rings (SSSR count). The molecule has 2 aliphatic rings. The van der Waals surface area contributed by atoms with Crippen molar-refractivity contribution in [2.24, 2.45) is 0 Å². The first-order chi connectivity index (χ1) is 35.8. The first-order valence-electron chi connectivity index (χ1n) is 25.8. The Morgan fingerprint density at radius 3 is 1.34 bits per heavy atom. The van der Waals surface area contributed by atoms with E-state index in [4.69, 9.17) is 18.9 Å². The molecule has 2 aliphatic carbocycles. The average molecular weight is 1120 g/mol. The molecule has 0 radical (unpaired) electrons. The monoisotopic (exact) mass is 1120 g/mol. The molecule has 76 heavy (non-hydrogen) atoms. The van der Waals surface area contributed by atoms with Crippen LogP contribution in [0.5, 0.6) is 11.5 Å². The zero-order chi connectivity index (χ0) is 55.0. The number of aryl methyl sites for hydroxylation is 4. The number of halogens is 1. The van der Waals surface area contributed by atoms with Gasteiger partial charge in [0.25, 0.3) is 6.47 Å². The van der Waals surface area contributed by atoms with Gasteiger partial charge in [0.2, 0.25) is 26.0 Å². The first-order valence-corrected chi connectivity index (χ1v) is 28.7. The Balaban J connectivity index is 0.000000330. The number of nitrogens with zero attached hydrogens (tertiary/aromatic N) is 3. The molecule has 1 amide bonds. The Bertz CT molecular complexity index is 2550. The normalized spacial score (nSPS) is 13.8. The molecule has 0 unspecified atom stereocenters. The van der Waals surface area contributed by atoms with Crippen LogP contribution in [0.1, 0.15) is 95.9 Å². The van der Waals surface area contributed by atoms with Gasteiger partial charge < -0.3 is 44.5 Å². The largest absolute Gasteiger partial charge is 0.497 e. The van der Waals surface area contributed by atoms with Gasteiger partial charge >= 0.3 is 0 Å². The number of sulfonamides is 2. The van der Waals surface area contributed by atoms with Gasteiger partial charge in [-0.2, -0.15) is 8.61 Å². The van der Waals surface area contributed by atoms with Crippen molar-refractivity contribution >= 4 is 44.8 Å². The van der Waals surface area contributed by atoms with Crippen molar-refractivity contribution in [1.29, 1.82) is 0 Å². The van der Waals surface area contributed by atoms with Crippen LogP contribution in [0.2, 0.25) is 0 Å². The Morgan fingerprint density at radius 2 is 0.974 bits per heavy atom. The van der Waals surface area contributed by atoms with Gasteiger partial charge in [0, 0.05) is 72.5 Å². The van der Waals surface area contributed by atoms with Gasteiger partial charge in [0.1, 0.15) is 18.1 Å². The van der Waals surface area contributed by atoms with Gasteiger partial charge in [-0.25, -0.2) is 16.8 Å². The Labute approximate surface area is 460 Å². The van der Waals surface area contributed by atoms with Gasteiger partial charge in [-0.3, -0.25) is 9.59 Å². The molecule has 0 aliphatic heterocycles. The second-order valence-corrected chi connectivity index (χ2v) is 23.3. The maximum atomic E-state index is 13.1. The highest BCUT2D eigenvalue weighted by atomic mass is 35.5. The number of nitrogens with one attached hydrogen (secondary N) is 3. The van der Waals surface area contributed by atoms with Gasteiger partial charge in [0.05, 0.1) is 37.2 Å². The van der Waals surface area contributed by atoms with Crippen LogP contribution in [-0.2, 0) is 70.0 Å². The fraction of sp³-hybridized carbons (Fsp3) is 0.536. The van der Waals surface area contributed by atoms with E-state index < -0.39 is 20.0 Å². The summed E-state index contributed by atoms with van der Waals surface area (Å²) in [6.07, 6.45) is 10.7. The van der Waals surface area contributed by atoms with Crippen molar-refractivity contribution in [2.75, 3.05) is 82.1 Å². The lowest BCUT2D eigenvalue weighted by Gasteiger charge is -2.21. The second-order valence-electron chi connectivity index (χ2n) is 19.3. The number of likely N-dealkylation sites (N-methyl/N-ethyl adjacent to an activating group) is 3. The molecule has 4 aromatic carbocycles. The van der Waals surface area contributed by atoms with Crippen LogP contribution in [0.15, 0.2) is 82.6 Å². The number of amides is 1. The number of carbonyl (C=O) groups excluding carboxylic acids is 2. The molecule has 2 fully saturated rings. The third-order valence-electron chi connectivity index (χ3n) is 13.4. The number of carbonyl (C=O) groups is 2. The highest BCUT2D eigenvalue weighted by Gasteiger charge is 2.27. The van der Waals surface area contributed by atoms with Gasteiger partial charge in [-0.1, -0.05) is 74.2 Å². The molecule has 0 saturated heterocycles. The number of rotatable bonds is 27. The zero-order valence-electron chi connectivity index (χ0n) is 46.4. The molecule has 0 heterocycles. The van der Waals surface area contributed by atoms with E-state index in [-0.39, 0.29) is 74.3 Å². The molecule has 0 spiro atoms. The fourth-order valence-electron chi connectivity index (χ4n) is 9.10. The maximum Gasteiger partial charge on any atom is 0.295 e. The molecular formula is C56H85ClN6O11S2. The standard InChI is InChI=1S/C28H41N3O5S.C14H22N2.C14H21NO6S.ClH/c1-21-16-26(35-5)17-22(2)28(21)37(33,34)31(4)14-15-36-20-27(32)30(3)19-24-12-10-23(11-13-24)18-29-25-8-6-7-9-25;1-15-10-12-6-8-13(9-7-12)11-16-14-4-2-3-5-14;1-11-7-13(19-4)8-12(2)14(11)22(17,18)15(3)5-6-20-10-21-9-16;/h10-13,16-17,25,29H,6-9,14-15,18-20H2,1-5H3;6-9,14-16H,2-5,10-11H2,1H3;7-9H,5-6,10H2,1-4H3;1H. The first kappa shape index (κ1) is 65.6. The van der Waals surface area contributed by atoms with Crippen molar-refractivity contribution in [1.82, 2.24) is 29.5 Å². The van der Waals surface area contributed by atoms with Crippen molar-refractivity contribution in [2.45, 2.75) is 127 Å². The summed E-state index contributed by atoms with van der Waals surface area (Å²) in [6.45, 7) is 10.8. The summed E-state index contributed by atoms with van der Waals surface area (Å²) in [5.41, 5.74) is 7.53. The van der Waals surface area contributed by atoms with Crippen LogP contribution in [0.3, 0.4) is 0 Å². The fourth-order valence-corrected chi connectivity index (χ4v) is 12.2. The Kier molecular flexibility index (Phi) is 29.0. The molecule has 2 saturated carbocycles. The lowest BCUT2D eigenvalue weighted by Crippen LogP contribution is -2.33. The van der Waals surface area contributed by atoms with Crippen molar-refractivity contribution < 1.29 is 50.1 Å². The molecule has 424 valence electrons. The number of methoxy groups -OCH3 is 2. The third kappa shape index (κ3) is 20.9. The van der Waals surface area contributed by atoms with E-state index in [2.05, 4.69) is 69.2 Å². The number of ether oxygens (including phenoxy) is 5. The van der Waals surface area contributed by atoms with E-state index in [0.717, 1.165) is 31.2 Å². The van der Waals surface area contributed by atoms with E-state index >= 15 is 0 Å². The molecule has 0 aromatic heterocycles. The molecule has 4 aromatic rings. The highest BCUT2D eigenvalue weighted by Crippen LogP contribution is 2.29. The van der Waals surface area contributed by atoms with Crippen LogP contribution in [0.4, 0.5) is 0 Å². The summed E-state index contributed by atoms with van der Waals surface area (Å²) >= 11 is 0. The van der Waals surface area contributed by atoms with Gasteiger partial charge in [0.15, 0.2) is 6.79 Å². The lowest BCUT2D eigenvalue weighted by atomic mass is 10.1. The molecular weight excluding hydrogens is 1030 g/mol. The third-order valence-corrected chi connectivity index (χ3v) is 17.7. The van der Waals surface area contributed by atoms with E-state index in [1.807, 2.05) is 7.05 Å². The quantitative estimate of drug-likeness (QED) is 0.0301. The van der Waals surface area contributed by atoms with E-state index in [1.165, 1.54) is 97.9 Å². The van der Waals surface area contributed by atoms with E-state index in [1.54, 1.807) is 71.0 Å². The minimum absolute atomic E-state index is 0. The number of hydrogen-bond donors (Lipinski definition) is 3. The number of benzene rings is 4. The average Bonchev–Trinajstić information content (AvgIpc) is 4.12. The predicted octanol–water partition coefficient (Wildman–Crippen LogP) is 7.58. The van der Waals surface area contributed by atoms with Crippen LogP contribution in [-0.4, -0.2) is 137 Å². The second kappa shape index (κ2) is 33.6. The van der Waals surface area contributed by atoms with Gasteiger partial charge in [-0.15, -0.1) is 12.4 Å². The smallest absolute Gasteiger partial charge is 0.295 e. The molecule has 17 nitrogen and oxygen atoms in total. The molecule has 0 bridgehead atoms. The van der Waals surface area contributed by atoms with Crippen LogP contribution in [0, 0.1) is 27.7 Å². The minimum Gasteiger partial charge on any atom is -0.497 e. The predicted molar refractivity (Wildman–Crippen MR) is 301 cm³/mol. The zero-order valence-corrected chi connectivity index (χ0v) is 48.9. The SMILES string of the molecule is CNCc1ccc(CNC2CCCC2)cc1.COc1cc(C)c(S(=O)(=O)N(C)CCOCC(=O)N(C)Cc2ccc(CNC3CCCC3)cc2)c(C)c1.COc1cc(C)c(S(=O)(=O)N(C)CCOCOC=O)c(C)c1.Cl. The van der Waals surface area contributed by atoms with E-state index in [0.29, 0.717) is 46.3 Å². The van der Waals surface area contributed by atoms with Crippen LogP contribution < -0.4 is 25.4 Å². The van der Waals surface area contributed by atoms with Crippen LogP contribution in [0.25, 0.3) is 0 Å². The number of hydrogen-bond acceptors (Lipinski definition) is 14. The summed E-state index contributed by atoms with van der Waals surface area (Å²) in [6, 6.07) is 25.4. The summed E-state index contributed by atoms with van der Waals surface area (Å²) in [4.78, 5) is 24.6. The van der Waals surface area contributed by atoms with Crippen molar-refractivity contribution in [3.8, 4) is 11.5 Å². The Hall–Kier alpha value is -4.67. The van der Waals surface area contributed by atoms with E-state index in [9.17, 15) is 26.4 Å². The molecule has 3 N–H and O–H groups in total. The van der Waals surface area contributed by atoms with Gasteiger partial charge in [-0.05, 0) is 129 Å². The topological polar surface area (TPSA) is 194 Å². The highest BCUT2D eigenvalue weighted by molar-refractivity contribution is 7.89. The summed E-state index contributed by atoms with van der Waals surface area (Å²) in [5, 5.41) is 10.4. The lowest BCUT2D eigenvalue weighted by molar-refractivity contribution is -0.140. The summed E-state index contributed by atoms with van der Waals surface area (Å²) < 4.78 is 79.2. The van der Waals surface area contributed by atoms with Crippen molar-refractivity contribution in [3.63, 3.8) is 0 Å². The Morgan fingerprint density at radius 1 is 0.605 bits per heavy atom. The molecule has 20 heteroatoms. The summed E-state index contributed by atoms with van der Waals surface area (Å²) in [5.74, 6) is 1.08. The molecule has 0 atom stereocenters. The maximum absolute atomic E-state index is 13.1. The van der Waals surface area contributed by atoms with Crippen LogP contribution >= 0.6 is 12.4 Å². The van der Waals surface area contributed by atoms with Crippen molar-refractivity contribution in [3.05, 3.63) is 117 Å². The summed E-state index contributed by atoms with van der Waals surface area (Å²) in [7, 11) is 2.47. The minimum atomic E-state index is -3.70.